The number of pyridine rings is 1. The van der Waals surface area contributed by atoms with Gasteiger partial charge in [-0.2, -0.15) is 0 Å². The Morgan fingerprint density at radius 1 is 1.29 bits per heavy atom. The third-order valence-corrected chi connectivity index (χ3v) is 3.64. The van der Waals surface area contributed by atoms with Crippen molar-refractivity contribution in [3.05, 3.63) is 52.1 Å². The first kappa shape index (κ1) is 15.5. The second kappa shape index (κ2) is 7.22. The zero-order valence-corrected chi connectivity index (χ0v) is 13.7. The number of hydrogen-bond acceptors (Lipinski definition) is 3. The number of anilines is 2. The monoisotopic (exact) mass is 347 g/mol. The molecule has 0 aliphatic heterocycles. The molecule has 1 amide bonds. The average Bonchev–Trinajstić information content (AvgIpc) is 2.49. The summed E-state index contributed by atoms with van der Waals surface area (Å²) in [5, 5.41) is 6.08. The summed E-state index contributed by atoms with van der Waals surface area (Å²) in [4.78, 5) is 16.5. The van der Waals surface area contributed by atoms with Gasteiger partial charge in [-0.05, 0) is 59.1 Å². The predicted octanol–water partition coefficient (Wildman–Crippen LogP) is 4.23. The van der Waals surface area contributed by atoms with E-state index in [1.807, 2.05) is 25.1 Å². The largest absolute Gasteiger partial charge is 0.370 e. The van der Waals surface area contributed by atoms with Crippen LogP contribution in [0.25, 0.3) is 0 Å². The number of benzene rings is 1. The van der Waals surface area contributed by atoms with Gasteiger partial charge in [0.1, 0.15) is 5.82 Å². The molecule has 0 aliphatic rings. The second-order valence-corrected chi connectivity index (χ2v) is 5.65. The number of carbonyl (C=O) groups is 1. The summed E-state index contributed by atoms with van der Waals surface area (Å²) in [7, 11) is 0. The Morgan fingerprint density at radius 2 is 2.10 bits per heavy atom. The summed E-state index contributed by atoms with van der Waals surface area (Å²) >= 11 is 3.44. The van der Waals surface area contributed by atoms with Crippen molar-refractivity contribution in [2.75, 3.05) is 17.2 Å². The Hall–Kier alpha value is -1.88. The molecule has 1 heterocycles. The fraction of sp³-hybridized carbons (Fsp3) is 0.250. The molecule has 2 rings (SSSR count). The van der Waals surface area contributed by atoms with Gasteiger partial charge in [0.05, 0.1) is 5.69 Å². The van der Waals surface area contributed by atoms with Crippen LogP contribution in [-0.4, -0.2) is 17.4 Å². The number of rotatable bonds is 5. The second-order valence-electron chi connectivity index (χ2n) is 4.79. The van der Waals surface area contributed by atoms with Gasteiger partial charge in [0.15, 0.2) is 0 Å². The SMILES string of the molecule is CCCNc1cc(C(=O)Nc2cc(C)ccc2Br)ccn1. The fourth-order valence-corrected chi connectivity index (χ4v) is 2.20. The van der Waals surface area contributed by atoms with Gasteiger partial charge in [-0.1, -0.05) is 13.0 Å². The highest BCUT2D eigenvalue weighted by molar-refractivity contribution is 9.10. The third kappa shape index (κ3) is 4.29. The highest BCUT2D eigenvalue weighted by Crippen LogP contribution is 2.24. The number of nitrogens with zero attached hydrogens (tertiary/aromatic N) is 1. The number of aromatic nitrogens is 1. The first-order chi connectivity index (χ1) is 10.1. The molecule has 0 saturated heterocycles. The van der Waals surface area contributed by atoms with Crippen LogP contribution in [0.1, 0.15) is 29.3 Å². The molecule has 0 unspecified atom stereocenters. The lowest BCUT2D eigenvalue weighted by molar-refractivity contribution is 0.102. The van der Waals surface area contributed by atoms with Gasteiger partial charge in [0, 0.05) is 22.8 Å². The molecule has 1 aromatic carbocycles. The van der Waals surface area contributed by atoms with Crippen LogP contribution in [-0.2, 0) is 0 Å². The molecule has 21 heavy (non-hydrogen) atoms. The Kier molecular flexibility index (Phi) is 5.33. The van der Waals surface area contributed by atoms with Crippen molar-refractivity contribution in [1.29, 1.82) is 0 Å². The fourth-order valence-electron chi connectivity index (χ4n) is 1.85. The van der Waals surface area contributed by atoms with Gasteiger partial charge in [0.2, 0.25) is 0 Å². The number of carbonyl (C=O) groups excluding carboxylic acids is 1. The first-order valence-electron chi connectivity index (χ1n) is 6.87. The molecule has 1 aromatic heterocycles. The summed E-state index contributed by atoms with van der Waals surface area (Å²) in [6.07, 6.45) is 2.65. The molecule has 110 valence electrons. The summed E-state index contributed by atoms with van der Waals surface area (Å²) in [6.45, 7) is 4.90. The van der Waals surface area contributed by atoms with Crippen molar-refractivity contribution in [1.82, 2.24) is 4.98 Å². The maximum absolute atomic E-state index is 12.3. The van der Waals surface area contributed by atoms with Gasteiger partial charge in [-0.15, -0.1) is 0 Å². The van der Waals surface area contributed by atoms with Crippen LogP contribution in [0, 0.1) is 6.92 Å². The molecule has 5 heteroatoms. The van der Waals surface area contributed by atoms with Gasteiger partial charge in [-0.3, -0.25) is 4.79 Å². The van der Waals surface area contributed by atoms with E-state index in [-0.39, 0.29) is 5.91 Å². The van der Waals surface area contributed by atoms with E-state index >= 15 is 0 Å². The lowest BCUT2D eigenvalue weighted by Gasteiger charge is -2.09. The maximum atomic E-state index is 12.3. The van der Waals surface area contributed by atoms with Crippen molar-refractivity contribution in [2.45, 2.75) is 20.3 Å². The van der Waals surface area contributed by atoms with Crippen LogP contribution in [0.5, 0.6) is 0 Å². The smallest absolute Gasteiger partial charge is 0.255 e. The van der Waals surface area contributed by atoms with Crippen molar-refractivity contribution in [3.8, 4) is 0 Å². The van der Waals surface area contributed by atoms with Crippen molar-refractivity contribution >= 4 is 33.3 Å². The zero-order valence-electron chi connectivity index (χ0n) is 12.1. The Labute approximate surface area is 133 Å². The Morgan fingerprint density at radius 3 is 2.86 bits per heavy atom. The summed E-state index contributed by atoms with van der Waals surface area (Å²) in [5.41, 5.74) is 2.44. The van der Waals surface area contributed by atoms with Gasteiger partial charge >= 0.3 is 0 Å². The molecule has 2 N–H and O–H groups in total. The third-order valence-electron chi connectivity index (χ3n) is 2.95. The van der Waals surface area contributed by atoms with Crippen molar-refractivity contribution in [3.63, 3.8) is 0 Å². The van der Waals surface area contributed by atoms with Gasteiger partial charge < -0.3 is 10.6 Å². The number of halogens is 1. The molecular weight excluding hydrogens is 330 g/mol. The normalized spacial score (nSPS) is 10.2. The number of amides is 1. The molecular formula is C16H18BrN3O. The van der Waals surface area contributed by atoms with Gasteiger partial charge in [0.25, 0.3) is 5.91 Å². The quantitative estimate of drug-likeness (QED) is 0.850. The summed E-state index contributed by atoms with van der Waals surface area (Å²) in [5.74, 6) is 0.566. The molecule has 4 nitrogen and oxygen atoms in total. The molecule has 0 spiro atoms. The van der Waals surface area contributed by atoms with E-state index in [1.165, 1.54) is 0 Å². The van der Waals surface area contributed by atoms with Crippen LogP contribution >= 0.6 is 15.9 Å². The molecule has 0 radical (unpaired) electrons. The van der Waals surface area contributed by atoms with E-state index in [0.29, 0.717) is 11.4 Å². The minimum atomic E-state index is -0.150. The van der Waals surface area contributed by atoms with Crippen LogP contribution < -0.4 is 10.6 Å². The van der Waals surface area contributed by atoms with Crippen molar-refractivity contribution < 1.29 is 4.79 Å². The first-order valence-corrected chi connectivity index (χ1v) is 7.67. The zero-order chi connectivity index (χ0) is 15.2. The van der Waals surface area contributed by atoms with Crippen LogP contribution in [0.3, 0.4) is 0 Å². The van der Waals surface area contributed by atoms with E-state index < -0.39 is 0 Å². The average molecular weight is 348 g/mol. The van der Waals surface area contributed by atoms with Crippen LogP contribution in [0.2, 0.25) is 0 Å². The lowest BCUT2D eigenvalue weighted by Crippen LogP contribution is -2.13. The topological polar surface area (TPSA) is 54.0 Å². The number of nitrogens with one attached hydrogen (secondary N) is 2. The molecule has 0 saturated carbocycles. The molecule has 2 aromatic rings. The minimum absolute atomic E-state index is 0.150. The van der Waals surface area contributed by atoms with Crippen LogP contribution in [0.15, 0.2) is 41.0 Å². The minimum Gasteiger partial charge on any atom is -0.370 e. The Balaban J connectivity index is 2.14. The van der Waals surface area contributed by atoms with Gasteiger partial charge in [-0.25, -0.2) is 4.98 Å². The van der Waals surface area contributed by atoms with E-state index in [9.17, 15) is 4.79 Å². The highest BCUT2D eigenvalue weighted by atomic mass is 79.9. The molecule has 0 fully saturated rings. The Bertz CT molecular complexity index is 643. The van der Waals surface area contributed by atoms with E-state index in [2.05, 4.69) is 38.5 Å². The highest BCUT2D eigenvalue weighted by Gasteiger charge is 2.09. The molecule has 0 aliphatic carbocycles. The number of aryl methyl sites for hydroxylation is 1. The van der Waals surface area contributed by atoms with Crippen molar-refractivity contribution in [2.24, 2.45) is 0 Å². The molecule has 0 atom stereocenters. The van der Waals surface area contributed by atoms with E-state index in [4.69, 9.17) is 0 Å². The number of hydrogen-bond donors (Lipinski definition) is 2. The standard InChI is InChI=1S/C16H18BrN3O/c1-3-7-18-15-10-12(6-8-19-15)16(21)20-14-9-11(2)4-5-13(14)17/h4-6,8-10H,3,7H2,1-2H3,(H,18,19)(H,20,21). The van der Waals surface area contributed by atoms with E-state index in [1.54, 1.807) is 18.3 Å². The predicted molar refractivity (Wildman–Crippen MR) is 89.8 cm³/mol. The lowest BCUT2D eigenvalue weighted by atomic mass is 10.2. The van der Waals surface area contributed by atoms with Crippen LogP contribution in [0.4, 0.5) is 11.5 Å². The van der Waals surface area contributed by atoms with E-state index in [0.717, 1.165) is 28.7 Å². The maximum Gasteiger partial charge on any atom is 0.255 e. The molecule has 0 bridgehead atoms. The summed E-state index contributed by atoms with van der Waals surface area (Å²) in [6, 6.07) is 9.30. The summed E-state index contributed by atoms with van der Waals surface area (Å²) < 4.78 is 0.861.